The van der Waals surface area contributed by atoms with E-state index in [9.17, 15) is 23.2 Å². The molecule has 1 aliphatic carbocycles. The second kappa shape index (κ2) is 5.81. The number of hydrogen-bond donors (Lipinski definition) is 0. The molecule has 0 spiro atoms. The minimum Gasteiger partial charge on any atom is -0.464 e. The lowest BCUT2D eigenvalue weighted by Crippen LogP contribution is -2.55. The van der Waals surface area contributed by atoms with Crippen molar-refractivity contribution in [2.45, 2.75) is 31.8 Å². The van der Waals surface area contributed by atoms with Crippen LogP contribution in [0, 0.1) is 11.6 Å². The summed E-state index contributed by atoms with van der Waals surface area (Å²) in [4.78, 5) is 38.1. The predicted octanol–water partition coefficient (Wildman–Crippen LogP) is 2.27. The second-order valence-corrected chi connectivity index (χ2v) is 5.67. The fraction of sp³-hybridized carbons (Fsp3) is 0.353. The maximum Gasteiger partial charge on any atom is 0.337 e. The molecule has 24 heavy (non-hydrogen) atoms. The first-order valence-electron chi connectivity index (χ1n) is 7.60. The van der Waals surface area contributed by atoms with Crippen LogP contribution < -0.4 is 4.90 Å². The smallest absolute Gasteiger partial charge is 0.337 e. The van der Waals surface area contributed by atoms with Gasteiger partial charge < -0.3 is 9.64 Å². The highest BCUT2D eigenvalue weighted by atomic mass is 19.1. The van der Waals surface area contributed by atoms with Crippen LogP contribution in [-0.4, -0.2) is 36.2 Å². The molecule has 0 radical (unpaired) electrons. The van der Waals surface area contributed by atoms with E-state index >= 15 is 0 Å². The molecule has 1 saturated carbocycles. The molecule has 1 aromatic rings. The first-order chi connectivity index (χ1) is 11.4. The summed E-state index contributed by atoms with van der Waals surface area (Å²) in [7, 11) is 0. The van der Waals surface area contributed by atoms with Gasteiger partial charge in [-0.05, 0) is 25.8 Å². The third-order valence-electron chi connectivity index (χ3n) is 4.14. The zero-order valence-electron chi connectivity index (χ0n) is 13.0. The van der Waals surface area contributed by atoms with Gasteiger partial charge in [-0.1, -0.05) is 12.7 Å². The van der Waals surface area contributed by atoms with Crippen molar-refractivity contribution in [3.05, 3.63) is 35.4 Å². The van der Waals surface area contributed by atoms with Crippen LogP contribution in [0.25, 0.3) is 6.08 Å². The van der Waals surface area contributed by atoms with E-state index in [4.69, 9.17) is 4.74 Å². The third-order valence-corrected chi connectivity index (χ3v) is 4.14. The van der Waals surface area contributed by atoms with Crippen LogP contribution in [0.1, 0.15) is 35.7 Å². The van der Waals surface area contributed by atoms with Gasteiger partial charge in [-0.15, -0.1) is 0 Å². The topological polar surface area (TPSA) is 63.7 Å². The molecule has 1 aromatic carbocycles. The summed E-state index contributed by atoms with van der Waals surface area (Å²) < 4.78 is 33.7. The summed E-state index contributed by atoms with van der Waals surface area (Å²) in [6.07, 6.45) is 2.27. The first kappa shape index (κ1) is 16.3. The van der Waals surface area contributed by atoms with Crippen molar-refractivity contribution in [3.63, 3.8) is 0 Å². The van der Waals surface area contributed by atoms with E-state index in [2.05, 4.69) is 6.58 Å². The molecule has 0 amide bonds. The molecule has 1 heterocycles. The SMILES string of the molecule is C=Cc1c(F)cc2c(c1F)N(C1CC1)C(C(=O)OCC)C(=O)C2=O. The number of carbonyl (C=O) groups excluding carboxylic acids is 3. The molecule has 5 nitrogen and oxygen atoms in total. The van der Waals surface area contributed by atoms with Crippen LogP contribution in [-0.2, 0) is 14.3 Å². The highest BCUT2D eigenvalue weighted by Gasteiger charge is 2.51. The number of benzene rings is 1. The number of Topliss-reactive ketones (excluding diaryl/α,β-unsaturated/α-hetero) is 2. The Morgan fingerprint density at radius 2 is 2.08 bits per heavy atom. The maximum absolute atomic E-state index is 14.8. The van der Waals surface area contributed by atoms with Gasteiger partial charge in [0.15, 0.2) is 11.9 Å². The summed E-state index contributed by atoms with van der Waals surface area (Å²) in [5.41, 5.74) is -0.992. The molecule has 3 rings (SSSR count). The van der Waals surface area contributed by atoms with Crippen molar-refractivity contribution in [2.75, 3.05) is 11.5 Å². The zero-order chi connectivity index (χ0) is 17.6. The van der Waals surface area contributed by atoms with E-state index in [1.165, 1.54) is 4.90 Å². The van der Waals surface area contributed by atoms with Gasteiger partial charge in [0.2, 0.25) is 11.6 Å². The summed E-state index contributed by atoms with van der Waals surface area (Å²) in [6.45, 7) is 4.95. The standard InChI is InChI=1S/C17H15F2NO4/c1-3-9-11(18)7-10-13(12(9)19)20(8-5-6-8)14(16(22)15(10)21)17(23)24-4-2/h3,7-8,14H,1,4-6H2,2H3. The van der Waals surface area contributed by atoms with Gasteiger partial charge >= 0.3 is 5.97 Å². The minimum absolute atomic E-state index is 0.0198. The van der Waals surface area contributed by atoms with Crippen LogP contribution in [0.15, 0.2) is 12.6 Å². The number of fused-ring (bicyclic) bond motifs is 1. The van der Waals surface area contributed by atoms with Gasteiger partial charge in [0.25, 0.3) is 0 Å². The number of carbonyl (C=O) groups is 3. The van der Waals surface area contributed by atoms with Gasteiger partial charge in [-0.3, -0.25) is 9.59 Å². The Morgan fingerprint density at radius 1 is 1.42 bits per heavy atom. The Labute approximate surface area is 136 Å². The van der Waals surface area contributed by atoms with E-state index in [-0.39, 0.29) is 23.9 Å². The second-order valence-electron chi connectivity index (χ2n) is 5.67. The van der Waals surface area contributed by atoms with Gasteiger partial charge in [0, 0.05) is 11.6 Å². The van der Waals surface area contributed by atoms with E-state index in [0.29, 0.717) is 12.8 Å². The van der Waals surface area contributed by atoms with Gasteiger partial charge in [0.1, 0.15) is 5.82 Å². The summed E-state index contributed by atoms with van der Waals surface area (Å²) in [6, 6.07) is -0.977. The molecule has 7 heteroatoms. The van der Waals surface area contributed by atoms with Crippen molar-refractivity contribution in [1.82, 2.24) is 0 Å². The van der Waals surface area contributed by atoms with Gasteiger partial charge in [-0.2, -0.15) is 0 Å². The highest BCUT2D eigenvalue weighted by Crippen LogP contribution is 2.42. The van der Waals surface area contributed by atoms with Gasteiger partial charge in [0.05, 0.1) is 17.9 Å². The van der Waals surface area contributed by atoms with Crippen molar-refractivity contribution in [2.24, 2.45) is 0 Å². The first-order valence-corrected chi connectivity index (χ1v) is 7.60. The van der Waals surface area contributed by atoms with Crippen LogP contribution in [0.2, 0.25) is 0 Å². The minimum atomic E-state index is -1.53. The van der Waals surface area contributed by atoms with E-state index in [1.807, 2.05) is 0 Å². The lowest BCUT2D eigenvalue weighted by molar-refractivity contribution is -0.147. The van der Waals surface area contributed by atoms with E-state index < -0.39 is 40.8 Å². The largest absolute Gasteiger partial charge is 0.464 e. The number of halogens is 2. The maximum atomic E-state index is 14.8. The highest BCUT2D eigenvalue weighted by molar-refractivity contribution is 6.51. The Balaban J connectivity index is 2.24. The monoisotopic (exact) mass is 335 g/mol. The van der Waals surface area contributed by atoms with E-state index in [1.54, 1.807) is 6.92 Å². The van der Waals surface area contributed by atoms with Crippen LogP contribution in [0.4, 0.5) is 14.5 Å². The summed E-state index contributed by atoms with van der Waals surface area (Å²) in [5.74, 6) is -5.00. The molecule has 0 saturated heterocycles. The van der Waals surface area contributed by atoms with Crippen molar-refractivity contribution < 1.29 is 27.9 Å². The molecule has 1 aliphatic heterocycles. The van der Waals surface area contributed by atoms with Crippen LogP contribution in [0.3, 0.4) is 0 Å². The molecule has 126 valence electrons. The summed E-state index contributed by atoms with van der Waals surface area (Å²) in [5, 5.41) is 0. The quantitative estimate of drug-likeness (QED) is 0.480. The number of ketones is 2. The van der Waals surface area contributed by atoms with Crippen molar-refractivity contribution in [3.8, 4) is 0 Å². The Bertz CT molecular complexity index is 770. The number of ether oxygens (including phenoxy) is 1. The zero-order valence-corrected chi connectivity index (χ0v) is 13.0. The summed E-state index contributed by atoms with van der Waals surface area (Å²) >= 11 is 0. The average molecular weight is 335 g/mol. The molecule has 1 unspecified atom stereocenters. The molecular weight excluding hydrogens is 320 g/mol. The number of rotatable bonds is 4. The molecule has 1 fully saturated rings. The van der Waals surface area contributed by atoms with Crippen molar-refractivity contribution >= 4 is 29.3 Å². The molecule has 1 atom stereocenters. The number of nitrogens with zero attached hydrogens (tertiary/aromatic N) is 1. The fourth-order valence-corrected chi connectivity index (χ4v) is 2.94. The number of esters is 1. The number of anilines is 1. The van der Waals surface area contributed by atoms with Gasteiger partial charge in [-0.25, -0.2) is 13.6 Å². The average Bonchev–Trinajstić information content (AvgIpc) is 3.36. The van der Waals surface area contributed by atoms with Crippen molar-refractivity contribution in [1.29, 1.82) is 0 Å². The normalized spacial score (nSPS) is 20.0. The Morgan fingerprint density at radius 3 is 2.62 bits per heavy atom. The van der Waals surface area contributed by atoms with E-state index in [0.717, 1.165) is 12.1 Å². The Kier molecular flexibility index (Phi) is 3.95. The third kappa shape index (κ3) is 2.31. The molecular formula is C17H15F2NO4. The molecule has 0 bridgehead atoms. The molecule has 0 aromatic heterocycles. The number of hydrogen-bond acceptors (Lipinski definition) is 5. The van der Waals surface area contributed by atoms with Crippen LogP contribution in [0.5, 0.6) is 0 Å². The predicted molar refractivity (Wildman–Crippen MR) is 81.7 cm³/mol. The molecule has 2 aliphatic rings. The lowest BCUT2D eigenvalue weighted by Gasteiger charge is -2.36. The lowest BCUT2D eigenvalue weighted by atomic mass is 9.91. The fourth-order valence-electron chi connectivity index (χ4n) is 2.94. The van der Waals surface area contributed by atoms with Crippen LogP contribution >= 0.6 is 0 Å². The molecule has 0 N–H and O–H groups in total. The Hall–Kier alpha value is -2.57.